The monoisotopic (exact) mass is 276 g/mol. The fourth-order valence-corrected chi connectivity index (χ4v) is 2.94. The highest BCUT2D eigenvalue weighted by Crippen LogP contribution is 2.33. The van der Waals surface area contributed by atoms with Crippen molar-refractivity contribution < 1.29 is 5.11 Å². The molecule has 1 fully saturated rings. The van der Waals surface area contributed by atoms with Crippen LogP contribution in [0, 0.1) is 0 Å². The van der Waals surface area contributed by atoms with Crippen LogP contribution in [-0.4, -0.2) is 43.5 Å². The number of anilines is 2. The first-order valence-corrected chi connectivity index (χ1v) is 6.96. The third-order valence-electron chi connectivity index (χ3n) is 4.02. The van der Waals surface area contributed by atoms with Crippen molar-refractivity contribution in [3.8, 4) is 0 Å². The van der Waals surface area contributed by atoms with E-state index in [-0.39, 0.29) is 5.95 Å². The number of nitrogens with zero attached hydrogens (tertiary/aromatic N) is 4. The van der Waals surface area contributed by atoms with E-state index < -0.39 is 5.60 Å². The van der Waals surface area contributed by atoms with Gasteiger partial charge in [-0.15, -0.1) is 0 Å². The molecule has 7 nitrogen and oxygen atoms in total. The number of hydrogen-bond acceptors (Lipinski definition) is 6. The fraction of sp³-hybridized carbons (Fsp3) is 0.615. The standard InChI is InChI=1S/C13H20N6O/c1-3-8-4-5-13(2,20)7-19(8)11-9-6-15-18-10(9)16-12(14)17-11/h6,8,20H,3-5,7H2,1-2H3,(H3,14,15,16,17,18)/t8?,13-/m0/s1. The third kappa shape index (κ3) is 2.18. The van der Waals surface area contributed by atoms with Crippen molar-refractivity contribution in [3.05, 3.63) is 6.20 Å². The van der Waals surface area contributed by atoms with E-state index in [0.29, 0.717) is 18.2 Å². The molecule has 0 spiro atoms. The van der Waals surface area contributed by atoms with Crippen LogP contribution in [0.4, 0.5) is 11.8 Å². The van der Waals surface area contributed by atoms with Gasteiger partial charge in [0, 0.05) is 12.6 Å². The summed E-state index contributed by atoms with van der Waals surface area (Å²) in [7, 11) is 0. The summed E-state index contributed by atoms with van der Waals surface area (Å²) in [4.78, 5) is 10.7. The molecular weight excluding hydrogens is 256 g/mol. The van der Waals surface area contributed by atoms with Gasteiger partial charge in [-0.1, -0.05) is 6.92 Å². The molecule has 3 rings (SSSR count). The molecule has 3 heterocycles. The van der Waals surface area contributed by atoms with Crippen molar-refractivity contribution in [1.82, 2.24) is 20.2 Å². The fourth-order valence-electron chi connectivity index (χ4n) is 2.94. The Morgan fingerprint density at radius 1 is 1.55 bits per heavy atom. The molecule has 1 unspecified atom stereocenters. The SMILES string of the molecule is CCC1CC[C@](C)(O)CN1c1nc(N)nc2[nH]ncc12. The number of hydrogen-bond donors (Lipinski definition) is 3. The molecule has 4 N–H and O–H groups in total. The van der Waals surface area contributed by atoms with Crippen LogP contribution >= 0.6 is 0 Å². The third-order valence-corrected chi connectivity index (χ3v) is 4.02. The molecule has 0 aliphatic carbocycles. The summed E-state index contributed by atoms with van der Waals surface area (Å²) in [6.07, 6.45) is 4.45. The van der Waals surface area contributed by atoms with Crippen molar-refractivity contribution in [2.45, 2.75) is 44.8 Å². The number of aromatic amines is 1. The van der Waals surface area contributed by atoms with Gasteiger partial charge in [0.2, 0.25) is 5.95 Å². The van der Waals surface area contributed by atoms with E-state index in [1.165, 1.54) is 0 Å². The van der Waals surface area contributed by atoms with Crippen LogP contribution in [-0.2, 0) is 0 Å². The van der Waals surface area contributed by atoms with Gasteiger partial charge in [-0.25, -0.2) is 0 Å². The zero-order valence-electron chi connectivity index (χ0n) is 11.8. The lowest BCUT2D eigenvalue weighted by molar-refractivity contribution is 0.0359. The summed E-state index contributed by atoms with van der Waals surface area (Å²) in [6.45, 7) is 4.56. The average Bonchev–Trinajstić information content (AvgIpc) is 2.84. The van der Waals surface area contributed by atoms with Crippen LogP contribution in [0.3, 0.4) is 0 Å². The molecule has 0 amide bonds. The Bertz CT molecular complexity index is 622. The molecule has 0 radical (unpaired) electrons. The van der Waals surface area contributed by atoms with Crippen LogP contribution in [0.15, 0.2) is 6.20 Å². The average molecular weight is 276 g/mol. The van der Waals surface area contributed by atoms with E-state index in [1.54, 1.807) is 6.20 Å². The van der Waals surface area contributed by atoms with E-state index in [9.17, 15) is 5.11 Å². The Morgan fingerprint density at radius 2 is 2.35 bits per heavy atom. The number of β-amino-alcohol motifs (C(OH)–C–C–N with tert-alkyl or cyclic N) is 1. The molecule has 2 atom stereocenters. The van der Waals surface area contributed by atoms with Gasteiger partial charge < -0.3 is 15.7 Å². The number of nitrogen functional groups attached to an aromatic ring is 1. The van der Waals surface area contributed by atoms with E-state index >= 15 is 0 Å². The number of rotatable bonds is 2. The van der Waals surface area contributed by atoms with Crippen molar-refractivity contribution in [2.75, 3.05) is 17.2 Å². The van der Waals surface area contributed by atoms with E-state index in [0.717, 1.165) is 30.5 Å². The highest BCUT2D eigenvalue weighted by Gasteiger charge is 2.35. The highest BCUT2D eigenvalue weighted by atomic mass is 16.3. The van der Waals surface area contributed by atoms with Gasteiger partial charge in [0.15, 0.2) is 5.65 Å². The molecule has 108 valence electrons. The van der Waals surface area contributed by atoms with Crippen molar-refractivity contribution >= 4 is 22.8 Å². The second kappa shape index (κ2) is 4.59. The van der Waals surface area contributed by atoms with Crippen LogP contribution in [0.5, 0.6) is 0 Å². The lowest BCUT2D eigenvalue weighted by Crippen LogP contribution is -2.51. The maximum absolute atomic E-state index is 10.4. The van der Waals surface area contributed by atoms with Gasteiger partial charge in [-0.2, -0.15) is 15.1 Å². The Morgan fingerprint density at radius 3 is 3.10 bits per heavy atom. The molecule has 1 saturated heterocycles. The number of aliphatic hydroxyl groups is 1. The van der Waals surface area contributed by atoms with Crippen LogP contribution in [0.1, 0.15) is 33.1 Å². The first kappa shape index (κ1) is 13.1. The van der Waals surface area contributed by atoms with Gasteiger partial charge in [0.1, 0.15) is 5.82 Å². The minimum atomic E-state index is -0.707. The number of aromatic nitrogens is 4. The van der Waals surface area contributed by atoms with Crippen LogP contribution in [0.2, 0.25) is 0 Å². The molecular formula is C13H20N6O. The summed E-state index contributed by atoms with van der Waals surface area (Å²) in [5.41, 5.74) is 5.71. The zero-order chi connectivity index (χ0) is 14.3. The molecule has 0 aromatic carbocycles. The Balaban J connectivity index is 2.09. The highest BCUT2D eigenvalue weighted by molar-refractivity contribution is 5.87. The van der Waals surface area contributed by atoms with Crippen molar-refractivity contribution in [3.63, 3.8) is 0 Å². The van der Waals surface area contributed by atoms with Gasteiger partial charge >= 0.3 is 0 Å². The molecule has 0 saturated carbocycles. The van der Waals surface area contributed by atoms with Gasteiger partial charge in [-0.05, 0) is 26.2 Å². The molecule has 1 aliphatic heterocycles. The summed E-state index contributed by atoms with van der Waals surface area (Å²) < 4.78 is 0. The van der Waals surface area contributed by atoms with Gasteiger partial charge in [0.05, 0.1) is 17.2 Å². The molecule has 2 aromatic rings. The van der Waals surface area contributed by atoms with E-state index in [1.807, 2.05) is 6.92 Å². The van der Waals surface area contributed by atoms with Crippen LogP contribution < -0.4 is 10.6 Å². The molecule has 2 aromatic heterocycles. The van der Waals surface area contributed by atoms with E-state index in [2.05, 4.69) is 32.0 Å². The lowest BCUT2D eigenvalue weighted by Gasteiger charge is -2.43. The van der Waals surface area contributed by atoms with Gasteiger partial charge in [0.25, 0.3) is 0 Å². The number of H-pyrrole nitrogens is 1. The molecule has 7 heteroatoms. The Hall–Kier alpha value is -1.89. The largest absolute Gasteiger partial charge is 0.388 e. The molecule has 20 heavy (non-hydrogen) atoms. The predicted molar refractivity (Wildman–Crippen MR) is 77.4 cm³/mol. The minimum Gasteiger partial charge on any atom is -0.388 e. The molecule has 1 aliphatic rings. The number of nitrogens with two attached hydrogens (primary N) is 1. The summed E-state index contributed by atoms with van der Waals surface area (Å²) in [6, 6.07) is 0.350. The quantitative estimate of drug-likeness (QED) is 0.758. The number of piperidine rings is 1. The van der Waals surface area contributed by atoms with Gasteiger partial charge in [-0.3, -0.25) is 5.10 Å². The summed E-state index contributed by atoms with van der Waals surface area (Å²) in [5, 5.41) is 18.1. The Kier molecular flexibility index (Phi) is 3.01. The number of fused-ring (bicyclic) bond motifs is 1. The zero-order valence-corrected chi connectivity index (χ0v) is 11.8. The second-order valence-electron chi connectivity index (χ2n) is 5.76. The topological polar surface area (TPSA) is 104 Å². The summed E-state index contributed by atoms with van der Waals surface area (Å²) >= 11 is 0. The second-order valence-corrected chi connectivity index (χ2v) is 5.76. The minimum absolute atomic E-state index is 0.219. The normalized spacial score (nSPS) is 27.1. The maximum atomic E-state index is 10.4. The van der Waals surface area contributed by atoms with Crippen molar-refractivity contribution in [1.29, 1.82) is 0 Å². The first-order chi connectivity index (χ1) is 9.50. The molecule has 0 bridgehead atoms. The predicted octanol–water partition coefficient (Wildman–Crippen LogP) is 1.06. The van der Waals surface area contributed by atoms with E-state index in [4.69, 9.17) is 5.73 Å². The first-order valence-electron chi connectivity index (χ1n) is 6.96. The maximum Gasteiger partial charge on any atom is 0.224 e. The smallest absolute Gasteiger partial charge is 0.224 e. The number of nitrogens with one attached hydrogen (secondary N) is 1. The summed E-state index contributed by atoms with van der Waals surface area (Å²) in [5.74, 6) is 0.977. The van der Waals surface area contributed by atoms with Crippen molar-refractivity contribution in [2.24, 2.45) is 0 Å². The lowest BCUT2D eigenvalue weighted by atomic mass is 9.89. The van der Waals surface area contributed by atoms with Crippen LogP contribution in [0.25, 0.3) is 11.0 Å². The Labute approximate surface area is 117 Å².